The molecule has 2 N–H and O–H groups in total. The summed E-state index contributed by atoms with van der Waals surface area (Å²) in [6.07, 6.45) is 1.92. The maximum atomic E-state index is 12.3. The van der Waals surface area contributed by atoms with Gasteiger partial charge >= 0.3 is 0 Å². The van der Waals surface area contributed by atoms with Crippen molar-refractivity contribution in [3.8, 4) is 5.75 Å². The third-order valence-electron chi connectivity index (χ3n) is 2.56. The molecule has 0 amide bonds. The second-order valence-electron chi connectivity index (χ2n) is 4.02. The van der Waals surface area contributed by atoms with Gasteiger partial charge in [0, 0.05) is 29.4 Å². The molecule has 20 heavy (non-hydrogen) atoms. The molecule has 1 rings (SSSR count). The van der Waals surface area contributed by atoms with Crippen LogP contribution in [0.1, 0.15) is 5.56 Å². The highest BCUT2D eigenvalue weighted by atomic mass is 35.5. The lowest BCUT2D eigenvalue weighted by Crippen LogP contribution is -2.26. The summed E-state index contributed by atoms with van der Waals surface area (Å²) < 4.78 is 32.4. The van der Waals surface area contributed by atoms with Gasteiger partial charge in [0.15, 0.2) is 0 Å². The average Bonchev–Trinajstić information content (AvgIpc) is 2.38. The van der Waals surface area contributed by atoms with Crippen molar-refractivity contribution in [1.82, 2.24) is 10.0 Å². The molecule has 0 unspecified atom stereocenters. The number of thioether (sulfide) groups is 1. The number of benzene rings is 1. The van der Waals surface area contributed by atoms with E-state index in [2.05, 4.69) is 10.0 Å². The van der Waals surface area contributed by atoms with Crippen molar-refractivity contribution in [2.45, 2.75) is 11.4 Å². The van der Waals surface area contributed by atoms with Crippen molar-refractivity contribution in [3.05, 3.63) is 22.7 Å². The SMILES string of the molecule is CNCc1cc(Cl)cc(S(=O)(=O)NCCSC)c1OC. The molecule has 1 aromatic rings. The number of nitrogens with one attached hydrogen (secondary N) is 2. The Morgan fingerprint density at radius 1 is 1.40 bits per heavy atom. The topological polar surface area (TPSA) is 67.4 Å². The van der Waals surface area contributed by atoms with Gasteiger partial charge in [0.05, 0.1) is 7.11 Å². The Morgan fingerprint density at radius 2 is 2.10 bits per heavy atom. The largest absolute Gasteiger partial charge is 0.495 e. The van der Waals surface area contributed by atoms with Crippen LogP contribution in [-0.4, -0.2) is 41.1 Å². The van der Waals surface area contributed by atoms with Crippen LogP contribution in [0.2, 0.25) is 5.02 Å². The zero-order valence-corrected chi connectivity index (χ0v) is 14.1. The molecule has 0 spiro atoms. The Kier molecular flexibility index (Phi) is 7.11. The summed E-state index contributed by atoms with van der Waals surface area (Å²) in [7, 11) is -0.422. The number of sulfonamides is 1. The Balaban J connectivity index is 3.21. The first-order valence-corrected chi connectivity index (χ1v) is 9.21. The third kappa shape index (κ3) is 4.53. The standard InChI is InChI=1S/C12H19ClN2O3S2/c1-14-8-9-6-10(13)7-11(12(9)18-2)20(16,17)15-4-5-19-3/h6-7,14-15H,4-5,8H2,1-3H3. The van der Waals surface area contributed by atoms with Crippen LogP contribution in [0.25, 0.3) is 0 Å². The molecule has 0 aromatic heterocycles. The molecule has 0 aliphatic carbocycles. The van der Waals surface area contributed by atoms with E-state index in [1.807, 2.05) is 6.26 Å². The van der Waals surface area contributed by atoms with Crippen LogP contribution in [-0.2, 0) is 16.6 Å². The second kappa shape index (κ2) is 8.09. The molecule has 0 bridgehead atoms. The quantitative estimate of drug-likeness (QED) is 0.706. The van der Waals surface area contributed by atoms with Gasteiger partial charge in [-0.15, -0.1) is 0 Å². The first kappa shape index (κ1) is 17.6. The zero-order chi connectivity index (χ0) is 15.2. The van der Waals surface area contributed by atoms with E-state index in [0.29, 0.717) is 35.2 Å². The van der Waals surface area contributed by atoms with Crippen LogP contribution in [0.3, 0.4) is 0 Å². The minimum Gasteiger partial charge on any atom is -0.495 e. The highest BCUT2D eigenvalue weighted by molar-refractivity contribution is 7.98. The van der Waals surface area contributed by atoms with E-state index in [1.165, 1.54) is 13.2 Å². The van der Waals surface area contributed by atoms with E-state index >= 15 is 0 Å². The molecular formula is C12H19ClN2O3S2. The molecule has 0 atom stereocenters. The molecule has 1 aromatic carbocycles. The minimum absolute atomic E-state index is 0.0684. The van der Waals surface area contributed by atoms with Crippen molar-refractivity contribution in [2.75, 3.05) is 32.7 Å². The Labute approximate surface area is 129 Å². The fourth-order valence-electron chi connectivity index (χ4n) is 1.73. The molecule has 114 valence electrons. The van der Waals surface area contributed by atoms with Crippen LogP contribution in [0.4, 0.5) is 0 Å². The van der Waals surface area contributed by atoms with Crippen LogP contribution in [0, 0.1) is 0 Å². The molecule has 0 saturated carbocycles. The highest BCUT2D eigenvalue weighted by Gasteiger charge is 2.22. The Hall–Kier alpha value is -0.470. The van der Waals surface area contributed by atoms with Crippen molar-refractivity contribution in [1.29, 1.82) is 0 Å². The van der Waals surface area contributed by atoms with Gasteiger partial charge in [-0.1, -0.05) is 11.6 Å². The highest BCUT2D eigenvalue weighted by Crippen LogP contribution is 2.31. The molecule has 8 heteroatoms. The maximum Gasteiger partial charge on any atom is 0.244 e. The van der Waals surface area contributed by atoms with Gasteiger partial charge in [-0.3, -0.25) is 0 Å². The van der Waals surface area contributed by atoms with Gasteiger partial charge in [0.1, 0.15) is 10.6 Å². The second-order valence-corrected chi connectivity index (χ2v) is 7.17. The average molecular weight is 339 g/mol. The first-order valence-electron chi connectivity index (χ1n) is 5.96. The number of methoxy groups -OCH3 is 1. The predicted octanol–water partition coefficient (Wildman–Crippen LogP) is 1.71. The molecule has 5 nitrogen and oxygen atoms in total. The fraction of sp³-hybridized carbons (Fsp3) is 0.500. The maximum absolute atomic E-state index is 12.3. The van der Waals surface area contributed by atoms with E-state index in [0.717, 1.165) is 0 Å². The third-order valence-corrected chi connectivity index (χ3v) is 4.85. The van der Waals surface area contributed by atoms with Gasteiger partial charge in [-0.2, -0.15) is 11.8 Å². The molecule has 0 heterocycles. The van der Waals surface area contributed by atoms with Gasteiger partial charge in [0.25, 0.3) is 0 Å². The lowest BCUT2D eigenvalue weighted by molar-refractivity contribution is 0.396. The molecule has 0 radical (unpaired) electrons. The summed E-state index contributed by atoms with van der Waals surface area (Å²) in [6, 6.07) is 3.10. The number of ether oxygens (including phenoxy) is 1. The van der Waals surface area contributed by atoms with Gasteiger partial charge in [-0.25, -0.2) is 13.1 Å². The van der Waals surface area contributed by atoms with Crippen molar-refractivity contribution in [2.24, 2.45) is 0 Å². The summed E-state index contributed by atoms with van der Waals surface area (Å²) in [5.41, 5.74) is 0.702. The minimum atomic E-state index is -3.64. The lowest BCUT2D eigenvalue weighted by atomic mass is 10.2. The van der Waals surface area contributed by atoms with E-state index in [1.54, 1.807) is 24.9 Å². The summed E-state index contributed by atoms with van der Waals surface area (Å²) in [4.78, 5) is 0.0684. The number of hydrogen-bond acceptors (Lipinski definition) is 5. The molecule has 0 aliphatic heterocycles. The van der Waals surface area contributed by atoms with Crippen molar-refractivity contribution >= 4 is 33.4 Å². The van der Waals surface area contributed by atoms with Crippen LogP contribution < -0.4 is 14.8 Å². The van der Waals surface area contributed by atoms with Crippen molar-refractivity contribution < 1.29 is 13.2 Å². The number of halogens is 1. The van der Waals surface area contributed by atoms with E-state index in [4.69, 9.17) is 16.3 Å². The van der Waals surface area contributed by atoms with E-state index < -0.39 is 10.0 Å². The van der Waals surface area contributed by atoms with Crippen LogP contribution in [0.15, 0.2) is 17.0 Å². The van der Waals surface area contributed by atoms with Gasteiger partial charge in [-0.05, 0) is 25.4 Å². The summed E-state index contributed by atoms with van der Waals surface area (Å²) in [5.74, 6) is 1.02. The monoisotopic (exact) mass is 338 g/mol. The lowest BCUT2D eigenvalue weighted by Gasteiger charge is -2.15. The predicted molar refractivity (Wildman–Crippen MR) is 84.3 cm³/mol. The van der Waals surface area contributed by atoms with Crippen LogP contribution in [0.5, 0.6) is 5.75 Å². The zero-order valence-electron chi connectivity index (χ0n) is 11.7. The Bertz CT molecular complexity index is 550. The molecule has 0 fully saturated rings. The first-order chi connectivity index (χ1) is 9.46. The van der Waals surface area contributed by atoms with Crippen LogP contribution >= 0.6 is 23.4 Å². The number of hydrogen-bond donors (Lipinski definition) is 2. The van der Waals surface area contributed by atoms with E-state index in [-0.39, 0.29) is 4.90 Å². The fourth-order valence-corrected chi connectivity index (χ4v) is 3.74. The summed E-state index contributed by atoms with van der Waals surface area (Å²) in [6.45, 7) is 0.831. The van der Waals surface area contributed by atoms with Gasteiger partial charge in [0.2, 0.25) is 10.0 Å². The number of rotatable bonds is 8. The van der Waals surface area contributed by atoms with Gasteiger partial charge < -0.3 is 10.1 Å². The molecule has 0 saturated heterocycles. The molecule has 0 aliphatic rings. The van der Waals surface area contributed by atoms with E-state index in [9.17, 15) is 8.42 Å². The Morgan fingerprint density at radius 3 is 2.65 bits per heavy atom. The normalized spacial score (nSPS) is 11.6. The molecular weight excluding hydrogens is 320 g/mol. The van der Waals surface area contributed by atoms with Crippen molar-refractivity contribution in [3.63, 3.8) is 0 Å². The summed E-state index contributed by atoms with van der Waals surface area (Å²) >= 11 is 7.57. The smallest absolute Gasteiger partial charge is 0.244 e. The summed E-state index contributed by atoms with van der Waals surface area (Å²) in [5, 5.41) is 3.32.